The molecule has 2 heterocycles. The molecule has 1 aromatic heterocycles. The number of nitrogens with one attached hydrogen (secondary N) is 1. The second-order valence-electron chi connectivity index (χ2n) is 9.39. The average Bonchev–Trinajstić information content (AvgIpc) is 2.94. The molecule has 3 aromatic rings. The second kappa shape index (κ2) is 12.9. The minimum atomic E-state index is -3.61. The average molecular weight is 588 g/mol. The van der Waals surface area contributed by atoms with Crippen molar-refractivity contribution in [3.05, 3.63) is 71.5 Å². The van der Waals surface area contributed by atoms with Gasteiger partial charge in [0.25, 0.3) is 0 Å². The Morgan fingerprint density at radius 3 is 2.35 bits per heavy atom. The van der Waals surface area contributed by atoms with E-state index in [0.29, 0.717) is 43.0 Å². The lowest BCUT2D eigenvalue weighted by molar-refractivity contribution is -0.180. The van der Waals surface area contributed by atoms with Gasteiger partial charge >= 0.3 is 0 Å². The fourth-order valence-electron chi connectivity index (χ4n) is 4.00. The van der Waals surface area contributed by atoms with Crippen molar-refractivity contribution < 1.29 is 26.4 Å². The molecule has 11 nitrogen and oxygen atoms in total. The van der Waals surface area contributed by atoms with Crippen LogP contribution >= 0.6 is 0 Å². The minimum Gasteiger partial charge on any atom is -0.356 e. The molecule has 0 aliphatic carbocycles. The number of aromatic nitrogens is 2. The molecule has 2 aromatic carbocycles. The van der Waals surface area contributed by atoms with E-state index in [0.717, 1.165) is 5.22 Å². The number of hydroxylamine groups is 2. The highest BCUT2D eigenvalue weighted by Crippen LogP contribution is 2.23. The topological polar surface area (TPSA) is 131 Å². The molecule has 1 atom stereocenters. The van der Waals surface area contributed by atoms with E-state index < -0.39 is 25.9 Å². The summed E-state index contributed by atoms with van der Waals surface area (Å²) in [4.78, 5) is 17.0. The highest BCUT2D eigenvalue weighted by atomic mass is 32.2. The molecule has 0 saturated carbocycles. The van der Waals surface area contributed by atoms with E-state index in [1.165, 1.54) is 12.6 Å². The Balaban J connectivity index is 1.43. The molecule has 0 fully saturated rings. The quantitative estimate of drug-likeness (QED) is 0.289. The smallest absolute Gasteiger partial charge is 0.206 e. The summed E-state index contributed by atoms with van der Waals surface area (Å²) < 4.78 is 54.1. The third kappa shape index (κ3) is 7.64. The first kappa shape index (κ1) is 29.6. The van der Waals surface area contributed by atoms with Crippen LogP contribution in [0.25, 0.3) is 12.3 Å². The summed E-state index contributed by atoms with van der Waals surface area (Å²) in [6.07, 6.45) is 6.40. The van der Waals surface area contributed by atoms with Gasteiger partial charge in [-0.15, -0.1) is 0 Å². The molecular formula is C27H33N5O6S2. The van der Waals surface area contributed by atoms with Crippen LogP contribution in [-0.4, -0.2) is 88.9 Å². The van der Waals surface area contributed by atoms with Crippen LogP contribution < -0.4 is 15.9 Å². The highest BCUT2D eigenvalue weighted by molar-refractivity contribution is 7.91. The van der Waals surface area contributed by atoms with Gasteiger partial charge in [0.2, 0.25) is 9.84 Å². The molecule has 0 amide bonds. The summed E-state index contributed by atoms with van der Waals surface area (Å²) in [6.45, 7) is 1.55. The molecule has 1 unspecified atom stereocenters. The summed E-state index contributed by atoms with van der Waals surface area (Å²) in [7, 11) is -3.16. The molecule has 0 bridgehead atoms. The van der Waals surface area contributed by atoms with E-state index in [-0.39, 0.29) is 15.5 Å². The van der Waals surface area contributed by atoms with Crippen LogP contribution in [0.5, 0.6) is 0 Å². The lowest BCUT2D eigenvalue weighted by Crippen LogP contribution is -2.45. The number of nitrogens with zero attached hydrogens (tertiary/aromatic N) is 4. The Labute approximate surface area is 234 Å². The van der Waals surface area contributed by atoms with Gasteiger partial charge in [0.05, 0.1) is 33.7 Å². The van der Waals surface area contributed by atoms with Crippen LogP contribution in [0.1, 0.15) is 6.42 Å². The van der Waals surface area contributed by atoms with E-state index >= 15 is 0 Å². The van der Waals surface area contributed by atoms with Gasteiger partial charge in [-0.25, -0.2) is 31.9 Å². The minimum absolute atomic E-state index is 0.120. The SMILES string of the molecule is COC1C=c2c(Nc3ccc(S(=O)(=O)c4ccccc4)cc3)ncnc2=CN1OCCCN(C)CCS(C)(=O)=O. The number of hydrogen-bond donors (Lipinski definition) is 1. The van der Waals surface area contributed by atoms with Gasteiger partial charge in [-0.3, -0.25) is 4.84 Å². The van der Waals surface area contributed by atoms with Crippen molar-refractivity contribution in [3.63, 3.8) is 0 Å². The van der Waals surface area contributed by atoms with Crippen LogP contribution in [0.3, 0.4) is 0 Å². The molecule has 13 heteroatoms. The largest absolute Gasteiger partial charge is 0.356 e. The number of benzene rings is 2. The zero-order valence-corrected chi connectivity index (χ0v) is 24.2. The van der Waals surface area contributed by atoms with E-state index in [1.54, 1.807) is 73.0 Å². The van der Waals surface area contributed by atoms with Gasteiger partial charge < -0.3 is 15.0 Å². The number of rotatable bonds is 13. The maximum atomic E-state index is 12.9. The Morgan fingerprint density at radius 2 is 1.68 bits per heavy atom. The second-order valence-corrected chi connectivity index (χ2v) is 13.6. The first-order chi connectivity index (χ1) is 19.1. The van der Waals surface area contributed by atoms with E-state index in [1.807, 2.05) is 18.0 Å². The predicted octanol–water partition coefficient (Wildman–Crippen LogP) is 1.16. The van der Waals surface area contributed by atoms with Gasteiger partial charge in [-0.1, -0.05) is 18.2 Å². The monoisotopic (exact) mass is 587 g/mol. The van der Waals surface area contributed by atoms with Crippen LogP contribution in [0, 0.1) is 0 Å². The van der Waals surface area contributed by atoms with Crippen molar-refractivity contribution in [1.82, 2.24) is 19.9 Å². The van der Waals surface area contributed by atoms with Crippen molar-refractivity contribution in [2.75, 3.05) is 51.2 Å². The first-order valence-electron chi connectivity index (χ1n) is 12.6. The molecular weight excluding hydrogens is 554 g/mol. The number of hydrogen-bond acceptors (Lipinski definition) is 11. The maximum Gasteiger partial charge on any atom is 0.206 e. The number of anilines is 2. The summed E-state index contributed by atoms with van der Waals surface area (Å²) >= 11 is 0. The zero-order chi connectivity index (χ0) is 28.8. The van der Waals surface area contributed by atoms with E-state index in [9.17, 15) is 16.8 Å². The standard InChI is InChI=1S/C27H33N5O6S2/c1-31(15-17-39(3,33)34)14-7-16-38-32-19-25-24(18-26(32)37-2)27(29-20-28-25)30-21-10-12-23(13-11-21)40(35,36)22-8-5-4-6-9-22/h4-6,8-13,18-20,26H,7,14-17H2,1-3H3,(H,28,29,30). The van der Waals surface area contributed by atoms with Crippen LogP contribution in [0.2, 0.25) is 0 Å². The van der Waals surface area contributed by atoms with Crippen molar-refractivity contribution in [2.24, 2.45) is 0 Å². The van der Waals surface area contributed by atoms with Crippen LogP contribution in [0.4, 0.5) is 11.5 Å². The Kier molecular flexibility index (Phi) is 9.53. The molecule has 0 spiro atoms. The van der Waals surface area contributed by atoms with Crippen molar-refractivity contribution in [2.45, 2.75) is 22.4 Å². The molecule has 0 saturated heterocycles. The lowest BCUT2D eigenvalue weighted by atomic mass is 10.2. The molecule has 214 valence electrons. The molecule has 1 N–H and O–H groups in total. The number of fused-ring (bicyclic) bond motifs is 1. The van der Waals surface area contributed by atoms with Crippen LogP contribution in [0.15, 0.2) is 70.7 Å². The highest BCUT2D eigenvalue weighted by Gasteiger charge is 2.20. The zero-order valence-electron chi connectivity index (χ0n) is 22.6. The number of ether oxygens (including phenoxy) is 1. The van der Waals surface area contributed by atoms with E-state index in [2.05, 4.69) is 15.3 Å². The number of methoxy groups -OCH3 is 1. The van der Waals surface area contributed by atoms with Gasteiger partial charge in [-0.2, -0.15) is 0 Å². The summed E-state index contributed by atoms with van der Waals surface area (Å²) in [5, 5.41) is 6.16. The normalized spacial score (nSPS) is 15.3. The summed E-state index contributed by atoms with van der Waals surface area (Å²) in [6, 6.07) is 14.8. The number of sulfone groups is 2. The fraction of sp³-hybridized carbons (Fsp3) is 0.333. The van der Waals surface area contributed by atoms with Crippen LogP contribution in [-0.2, 0) is 29.2 Å². The summed E-state index contributed by atoms with van der Waals surface area (Å²) in [5.41, 5.74) is 0.661. The van der Waals surface area contributed by atoms with E-state index in [4.69, 9.17) is 9.57 Å². The van der Waals surface area contributed by atoms with Gasteiger partial charge in [0.15, 0.2) is 6.23 Å². The van der Waals surface area contributed by atoms with Gasteiger partial charge in [0, 0.05) is 37.4 Å². The molecule has 0 radical (unpaired) electrons. The lowest BCUT2D eigenvalue weighted by Gasteiger charge is -2.28. The molecule has 40 heavy (non-hydrogen) atoms. The third-order valence-corrected chi connectivity index (χ3v) is 8.92. The predicted molar refractivity (Wildman–Crippen MR) is 152 cm³/mol. The fourth-order valence-corrected chi connectivity index (χ4v) is 5.92. The first-order valence-corrected chi connectivity index (χ1v) is 16.1. The molecule has 1 aliphatic heterocycles. The van der Waals surface area contributed by atoms with Crippen molar-refractivity contribution in [1.29, 1.82) is 0 Å². The Morgan fingerprint density at radius 1 is 0.975 bits per heavy atom. The molecule has 1 aliphatic rings. The Bertz CT molecular complexity index is 1630. The van der Waals surface area contributed by atoms with Crippen molar-refractivity contribution in [3.8, 4) is 0 Å². The Hall–Kier alpha value is -3.36. The van der Waals surface area contributed by atoms with Gasteiger partial charge in [-0.05, 0) is 55.9 Å². The molecule has 4 rings (SSSR count). The van der Waals surface area contributed by atoms with Gasteiger partial charge in [0.1, 0.15) is 22.0 Å². The third-order valence-electron chi connectivity index (χ3n) is 6.21. The summed E-state index contributed by atoms with van der Waals surface area (Å²) in [5.74, 6) is 0.656. The maximum absolute atomic E-state index is 12.9. The van der Waals surface area contributed by atoms with Crippen molar-refractivity contribution >= 4 is 43.5 Å².